The van der Waals surface area contributed by atoms with Crippen LogP contribution in [0.2, 0.25) is 0 Å². The zero-order valence-electron chi connectivity index (χ0n) is 20.7. The Labute approximate surface area is 194 Å². The molecule has 0 aliphatic rings. The Morgan fingerprint density at radius 3 is 0.969 bits per heavy atom. The lowest BCUT2D eigenvalue weighted by molar-refractivity contribution is -0.127. The third kappa shape index (κ3) is 24.0. The van der Waals surface area contributed by atoms with Gasteiger partial charge in [-0.25, -0.2) is 0 Å². The molecule has 0 aromatic carbocycles. The van der Waals surface area contributed by atoms with Gasteiger partial charge in [-0.2, -0.15) is 0 Å². The largest absolute Gasteiger partial charge is 0.379 e. The molecule has 0 atom stereocenters. The minimum absolute atomic E-state index is 0.209. The first-order chi connectivity index (χ1) is 15.5. The van der Waals surface area contributed by atoms with E-state index in [4.69, 9.17) is 37.9 Å². The maximum absolute atomic E-state index is 11.7. The van der Waals surface area contributed by atoms with E-state index in [2.05, 4.69) is 0 Å². The van der Waals surface area contributed by atoms with Crippen molar-refractivity contribution in [3.8, 4) is 0 Å². The quantitative estimate of drug-likeness (QED) is 0.188. The number of ether oxygens (including phenoxy) is 8. The molecule has 0 radical (unpaired) electrons. The van der Waals surface area contributed by atoms with Crippen LogP contribution >= 0.6 is 0 Å². The molecular weight excluding hydrogens is 420 g/mol. The molecule has 0 aliphatic carbocycles. The molecule has 0 saturated heterocycles. The number of carbonyl (C=O) groups is 1. The average molecular weight is 467 g/mol. The van der Waals surface area contributed by atoms with Crippen LogP contribution in [-0.4, -0.2) is 111 Å². The minimum Gasteiger partial charge on any atom is -0.379 e. The van der Waals surface area contributed by atoms with Gasteiger partial charge in [-0.05, 0) is 6.92 Å². The Kier molecular flexibility index (Phi) is 23.0. The lowest BCUT2D eigenvalue weighted by Gasteiger charge is -2.16. The van der Waals surface area contributed by atoms with Crippen LogP contribution in [0.1, 0.15) is 34.1 Å². The monoisotopic (exact) mass is 466 g/mol. The minimum atomic E-state index is -0.303. The normalized spacial score (nSPS) is 11.9. The first-order valence-corrected chi connectivity index (χ1v) is 11.6. The molecule has 9 heteroatoms. The van der Waals surface area contributed by atoms with E-state index in [0.717, 1.165) is 0 Å². The van der Waals surface area contributed by atoms with Crippen LogP contribution in [0.25, 0.3) is 0 Å². The van der Waals surface area contributed by atoms with E-state index in [0.29, 0.717) is 112 Å². The van der Waals surface area contributed by atoms with Crippen molar-refractivity contribution in [2.75, 3.05) is 106 Å². The summed E-state index contributed by atoms with van der Waals surface area (Å²) in [4.78, 5) is 11.7. The van der Waals surface area contributed by atoms with Crippen molar-refractivity contribution in [1.29, 1.82) is 0 Å². The number of carbonyl (C=O) groups excluding carboxylic acids is 1. The van der Waals surface area contributed by atoms with Crippen LogP contribution in [0.3, 0.4) is 0 Å². The third-order valence-corrected chi connectivity index (χ3v) is 4.12. The fourth-order valence-corrected chi connectivity index (χ4v) is 2.22. The van der Waals surface area contributed by atoms with Crippen LogP contribution in [0.4, 0.5) is 0 Å². The Morgan fingerprint density at radius 2 is 0.719 bits per heavy atom. The van der Waals surface area contributed by atoms with Gasteiger partial charge in [-0.3, -0.25) is 4.79 Å². The van der Waals surface area contributed by atoms with Crippen LogP contribution in [-0.2, 0) is 42.7 Å². The van der Waals surface area contributed by atoms with Crippen LogP contribution in [0.5, 0.6) is 0 Å². The Hall–Kier alpha value is -0.650. The molecule has 192 valence electrons. The summed E-state index contributed by atoms with van der Waals surface area (Å²) in [6.45, 7) is 16.3. The Bertz CT molecular complexity index is 399. The first-order valence-electron chi connectivity index (χ1n) is 11.6. The second-order valence-electron chi connectivity index (χ2n) is 7.91. The van der Waals surface area contributed by atoms with E-state index in [1.807, 2.05) is 27.7 Å². The van der Waals surface area contributed by atoms with E-state index in [1.54, 1.807) is 0 Å². The van der Waals surface area contributed by atoms with Gasteiger partial charge in [-0.15, -0.1) is 0 Å². The first kappa shape index (κ1) is 31.4. The predicted octanol–water partition coefficient (Wildman–Crippen LogP) is 2.14. The topological polar surface area (TPSA) is 90.9 Å². The second kappa shape index (κ2) is 23.5. The van der Waals surface area contributed by atoms with E-state index in [9.17, 15) is 4.79 Å². The second-order valence-corrected chi connectivity index (χ2v) is 7.91. The molecule has 0 heterocycles. The number of ketones is 1. The molecule has 0 aromatic rings. The summed E-state index contributed by atoms with van der Waals surface area (Å²) in [5, 5.41) is 0. The molecule has 9 nitrogen and oxygen atoms in total. The van der Waals surface area contributed by atoms with Crippen LogP contribution in [0, 0.1) is 5.41 Å². The van der Waals surface area contributed by atoms with Gasteiger partial charge >= 0.3 is 0 Å². The highest BCUT2D eigenvalue weighted by atomic mass is 16.6. The summed E-state index contributed by atoms with van der Waals surface area (Å²) in [7, 11) is 0. The molecule has 0 N–H and O–H groups in total. The van der Waals surface area contributed by atoms with Crippen molar-refractivity contribution < 1.29 is 42.7 Å². The summed E-state index contributed by atoms with van der Waals surface area (Å²) in [5.41, 5.74) is -0.303. The number of hydrogen-bond donors (Lipinski definition) is 0. The van der Waals surface area contributed by atoms with Crippen molar-refractivity contribution in [1.82, 2.24) is 0 Å². The van der Waals surface area contributed by atoms with Gasteiger partial charge < -0.3 is 37.9 Å². The molecule has 32 heavy (non-hydrogen) atoms. The zero-order chi connectivity index (χ0) is 23.8. The Morgan fingerprint density at radius 1 is 0.469 bits per heavy atom. The maximum atomic E-state index is 11.7. The molecule has 0 unspecified atom stereocenters. The van der Waals surface area contributed by atoms with Crippen LogP contribution in [0.15, 0.2) is 0 Å². The van der Waals surface area contributed by atoms with Gasteiger partial charge in [0.15, 0.2) is 0 Å². The number of Topliss-reactive ketones (excluding diaryl/α,β-unsaturated/α-hetero) is 1. The number of hydrogen-bond acceptors (Lipinski definition) is 9. The smallest absolute Gasteiger partial charge is 0.140 e. The maximum Gasteiger partial charge on any atom is 0.140 e. The van der Waals surface area contributed by atoms with Gasteiger partial charge in [0.05, 0.1) is 99.1 Å². The van der Waals surface area contributed by atoms with Crippen molar-refractivity contribution in [3.63, 3.8) is 0 Å². The molecule has 0 amide bonds. The summed E-state index contributed by atoms with van der Waals surface area (Å²) in [5.74, 6) is 0.209. The SMILES string of the molecule is CCOCCOCCOCCOCCOCCOCCOCCOCCC(=O)C(C)(C)C. The van der Waals surface area contributed by atoms with E-state index >= 15 is 0 Å². The molecule has 0 saturated carbocycles. The van der Waals surface area contributed by atoms with Gasteiger partial charge in [-0.1, -0.05) is 20.8 Å². The van der Waals surface area contributed by atoms with Gasteiger partial charge in [0.2, 0.25) is 0 Å². The fourth-order valence-electron chi connectivity index (χ4n) is 2.22. The molecule has 0 fully saturated rings. The highest BCUT2D eigenvalue weighted by Crippen LogP contribution is 2.16. The van der Waals surface area contributed by atoms with E-state index in [-0.39, 0.29) is 11.2 Å². The van der Waals surface area contributed by atoms with Crippen molar-refractivity contribution in [3.05, 3.63) is 0 Å². The molecule has 0 aliphatic heterocycles. The summed E-state index contributed by atoms with van der Waals surface area (Å²) < 4.78 is 43.0. The number of rotatable bonds is 25. The molecule has 0 bridgehead atoms. The summed E-state index contributed by atoms with van der Waals surface area (Å²) in [6, 6.07) is 0. The van der Waals surface area contributed by atoms with Crippen molar-refractivity contribution >= 4 is 5.78 Å². The molecule has 0 rings (SSSR count). The van der Waals surface area contributed by atoms with Gasteiger partial charge in [0.25, 0.3) is 0 Å². The van der Waals surface area contributed by atoms with Gasteiger partial charge in [0, 0.05) is 18.4 Å². The molecular formula is C23H46O9. The predicted molar refractivity (Wildman–Crippen MR) is 121 cm³/mol. The highest BCUT2D eigenvalue weighted by Gasteiger charge is 2.20. The van der Waals surface area contributed by atoms with Gasteiger partial charge in [0.1, 0.15) is 5.78 Å². The summed E-state index contributed by atoms with van der Waals surface area (Å²) in [6.07, 6.45) is 0.441. The molecule has 0 aromatic heterocycles. The standard InChI is InChI=1S/C23H46O9/c1-5-25-8-9-27-12-13-29-16-17-31-20-21-32-19-18-30-15-14-28-11-10-26-7-6-22(24)23(2,3)4/h5-21H2,1-4H3. The van der Waals surface area contributed by atoms with E-state index < -0.39 is 0 Å². The highest BCUT2D eigenvalue weighted by molar-refractivity contribution is 5.83. The van der Waals surface area contributed by atoms with Crippen molar-refractivity contribution in [2.24, 2.45) is 5.41 Å². The molecule has 0 spiro atoms. The van der Waals surface area contributed by atoms with E-state index in [1.165, 1.54) is 0 Å². The lowest BCUT2D eigenvalue weighted by atomic mass is 9.89. The third-order valence-electron chi connectivity index (χ3n) is 4.12. The average Bonchev–Trinajstić information content (AvgIpc) is 2.76. The zero-order valence-corrected chi connectivity index (χ0v) is 20.7. The summed E-state index contributed by atoms with van der Waals surface area (Å²) >= 11 is 0. The van der Waals surface area contributed by atoms with Crippen molar-refractivity contribution in [2.45, 2.75) is 34.1 Å². The van der Waals surface area contributed by atoms with Crippen LogP contribution < -0.4 is 0 Å². The Balaban J connectivity index is 3.09. The fraction of sp³-hybridized carbons (Fsp3) is 0.957. The lowest BCUT2D eigenvalue weighted by Crippen LogP contribution is -2.22.